The van der Waals surface area contributed by atoms with Crippen molar-refractivity contribution in [1.82, 2.24) is 29.9 Å². The first-order valence-corrected chi connectivity index (χ1v) is 14.8. The minimum absolute atomic E-state index is 0.00875. The normalized spacial score (nSPS) is 20.2. The Kier molecular flexibility index (Phi) is 9.17. The second-order valence-corrected chi connectivity index (χ2v) is 11.2. The molecule has 4 amide bonds. The van der Waals surface area contributed by atoms with Crippen LogP contribution in [0.4, 0.5) is 5.69 Å². The first-order valence-electron chi connectivity index (χ1n) is 14.4. The lowest BCUT2D eigenvalue weighted by Gasteiger charge is -2.33. The van der Waals surface area contributed by atoms with Gasteiger partial charge < -0.3 is 35.2 Å². The fraction of sp³-hybridized carbons (Fsp3) is 0.483. The number of piperazine rings is 1. The van der Waals surface area contributed by atoms with Crippen LogP contribution in [0.5, 0.6) is 0 Å². The molecule has 0 aliphatic carbocycles. The van der Waals surface area contributed by atoms with Crippen molar-refractivity contribution in [3.63, 3.8) is 0 Å². The lowest BCUT2D eigenvalue weighted by atomic mass is 10.1. The van der Waals surface area contributed by atoms with Gasteiger partial charge in [-0.25, -0.2) is 0 Å². The van der Waals surface area contributed by atoms with Gasteiger partial charge in [0.1, 0.15) is 17.9 Å². The lowest BCUT2D eigenvalue weighted by Crippen LogP contribution is -2.51. The van der Waals surface area contributed by atoms with Crippen molar-refractivity contribution < 1.29 is 19.2 Å². The largest absolute Gasteiger partial charge is 0.359 e. The molecule has 3 aliphatic rings. The number of hydrogen-bond donors (Lipinski definition) is 3. The third-order valence-electron chi connectivity index (χ3n) is 8.13. The fourth-order valence-corrected chi connectivity index (χ4v) is 5.94. The number of benzene rings is 1. The molecule has 3 N–H and O–H groups in total. The van der Waals surface area contributed by atoms with Gasteiger partial charge >= 0.3 is 0 Å². The maximum atomic E-state index is 13.8. The van der Waals surface area contributed by atoms with E-state index in [9.17, 15) is 24.4 Å². The number of H-pyrrole nitrogens is 1. The topological polar surface area (TPSA) is 145 Å². The number of likely N-dealkylation sites (tertiary alicyclic amines) is 2. The number of carbonyl (C=O) groups is 4. The molecule has 0 saturated carbocycles. The Labute approximate surface area is 249 Å². The molecule has 1 atom stereocenters. The molecule has 0 spiro atoms. The van der Waals surface area contributed by atoms with Gasteiger partial charge in [-0.1, -0.05) is 23.7 Å². The summed E-state index contributed by atoms with van der Waals surface area (Å²) in [5, 5.41) is 17.9. The van der Waals surface area contributed by atoms with Crippen LogP contribution >= 0.6 is 11.6 Å². The van der Waals surface area contributed by atoms with Crippen molar-refractivity contribution in [2.45, 2.75) is 38.1 Å². The van der Waals surface area contributed by atoms with Gasteiger partial charge in [-0.3, -0.25) is 19.2 Å². The summed E-state index contributed by atoms with van der Waals surface area (Å²) in [5.41, 5.74) is 1.06. The van der Waals surface area contributed by atoms with Gasteiger partial charge in [-0.2, -0.15) is 5.26 Å². The average molecular weight is 595 g/mol. The van der Waals surface area contributed by atoms with Crippen LogP contribution in [0.1, 0.15) is 32.1 Å². The van der Waals surface area contributed by atoms with Crippen molar-refractivity contribution in [2.24, 2.45) is 0 Å². The average Bonchev–Trinajstić information content (AvgIpc) is 3.65. The van der Waals surface area contributed by atoms with Crippen LogP contribution < -0.4 is 10.6 Å². The molecular weight excluding hydrogens is 560 g/mol. The molecular formula is C29H35ClN8O4. The van der Waals surface area contributed by atoms with Gasteiger partial charge in [0.25, 0.3) is 5.91 Å². The van der Waals surface area contributed by atoms with Crippen LogP contribution in [0, 0.1) is 11.3 Å². The summed E-state index contributed by atoms with van der Waals surface area (Å²) in [5.74, 6) is -0.709. The van der Waals surface area contributed by atoms with Crippen LogP contribution in [0.2, 0.25) is 5.02 Å². The van der Waals surface area contributed by atoms with Gasteiger partial charge in [-0.05, 0) is 38.2 Å². The zero-order valence-corrected chi connectivity index (χ0v) is 24.2. The van der Waals surface area contributed by atoms with Crippen molar-refractivity contribution in [2.75, 3.05) is 57.7 Å². The number of aromatic nitrogens is 1. The van der Waals surface area contributed by atoms with Crippen LogP contribution in [-0.2, 0) is 19.2 Å². The molecule has 12 nitrogen and oxygen atoms in total. The molecule has 2 aromatic rings. The van der Waals surface area contributed by atoms with Gasteiger partial charge in [-0.15, -0.1) is 0 Å². The summed E-state index contributed by atoms with van der Waals surface area (Å²) in [6, 6.07) is 6.74. The molecule has 3 aliphatic heterocycles. The summed E-state index contributed by atoms with van der Waals surface area (Å²) in [6.07, 6.45) is 6.29. The molecule has 0 radical (unpaired) electrons. The molecule has 0 bridgehead atoms. The maximum Gasteiger partial charge on any atom is 0.268 e. The number of amides is 4. The van der Waals surface area contributed by atoms with Crippen molar-refractivity contribution in [1.29, 1.82) is 5.26 Å². The number of para-hydroxylation sites is 1. The van der Waals surface area contributed by atoms with E-state index in [-0.39, 0.29) is 42.8 Å². The first kappa shape index (κ1) is 29.3. The Hall–Kier alpha value is -4.24. The Balaban J connectivity index is 1.44. The van der Waals surface area contributed by atoms with E-state index in [4.69, 9.17) is 11.6 Å². The minimum Gasteiger partial charge on any atom is -0.359 e. The van der Waals surface area contributed by atoms with E-state index in [0.29, 0.717) is 55.4 Å². The summed E-state index contributed by atoms with van der Waals surface area (Å²) in [6.45, 7) is 3.20. The molecule has 1 aromatic heterocycles. The zero-order valence-electron chi connectivity index (χ0n) is 23.4. The summed E-state index contributed by atoms with van der Waals surface area (Å²) < 4.78 is 0. The Morgan fingerprint density at radius 2 is 1.79 bits per heavy atom. The van der Waals surface area contributed by atoms with Crippen molar-refractivity contribution in [3.8, 4) is 6.07 Å². The first-order chi connectivity index (χ1) is 20.4. The van der Waals surface area contributed by atoms with E-state index < -0.39 is 11.9 Å². The predicted octanol–water partition coefficient (Wildman–Crippen LogP) is 1.86. The number of nitrogens with zero attached hydrogens (tertiary/aromatic N) is 5. The van der Waals surface area contributed by atoms with E-state index in [1.54, 1.807) is 33.0 Å². The van der Waals surface area contributed by atoms with E-state index in [2.05, 4.69) is 21.7 Å². The maximum absolute atomic E-state index is 13.8. The molecule has 222 valence electrons. The van der Waals surface area contributed by atoms with E-state index in [1.807, 2.05) is 6.07 Å². The number of fused-ring (bicyclic) bond motifs is 1. The highest BCUT2D eigenvalue weighted by Gasteiger charge is 2.33. The molecule has 1 aromatic carbocycles. The quantitative estimate of drug-likeness (QED) is 0.240. The number of anilines is 1. The number of halogens is 1. The number of rotatable bonds is 8. The molecule has 4 heterocycles. The Bertz CT molecular complexity index is 1420. The molecule has 42 heavy (non-hydrogen) atoms. The standard InChI is InChI=1S/C29H35ClN8O4/c30-22-17-32-26-20(22)6-5-8-23(26)33-27(21(16-31)28(41)37-14-12-35(19-39)13-15-37)34-24-7-1-2-11-38(29(24)42)18-25(40)36-9-3-4-10-36/h5-6,8,17,19,24,32-34H,1-4,7,9-15,18H2/b27-21-/t24-/m0/s1. The van der Waals surface area contributed by atoms with Crippen LogP contribution in [0.25, 0.3) is 10.9 Å². The van der Waals surface area contributed by atoms with E-state index in [0.717, 1.165) is 37.5 Å². The van der Waals surface area contributed by atoms with E-state index in [1.165, 1.54) is 4.90 Å². The second-order valence-electron chi connectivity index (χ2n) is 10.8. The van der Waals surface area contributed by atoms with Crippen LogP contribution in [-0.4, -0.2) is 107 Å². The lowest BCUT2D eigenvalue weighted by molar-refractivity contribution is -0.140. The van der Waals surface area contributed by atoms with Gasteiger partial charge in [0.05, 0.1) is 22.8 Å². The van der Waals surface area contributed by atoms with Crippen molar-refractivity contribution >= 4 is 52.3 Å². The van der Waals surface area contributed by atoms with Crippen LogP contribution in [0.15, 0.2) is 35.8 Å². The molecule has 0 unspecified atom stereocenters. The van der Waals surface area contributed by atoms with Gasteiger partial charge in [0, 0.05) is 57.4 Å². The second kappa shape index (κ2) is 13.2. The third kappa shape index (κ3) is 6.31. The summed E-state index contributed by atoms with van der Waals surface area (Å²) >= 11 is 6.33. The SMILES string of the molecule is N#C/C(C(=O)N1CCN(C=O)CC1)=C(\Nc1cccc2c(Cl)c[nH]c12)N[C@H]1CCCCN(CC(=O)N2CCCC2)C1=O. The van der Waals surface area contributed by atoms with Crippen LogP contribution in [0.3, 0.4) is 0 Å². The molecule has 3 saturated heterocycles. The highest BCUT2D eigenvalue weighted by Crippen LogP contribution is 2.29. The van der Waals surface area contributed by atoms with Gasteiger partial charge in [0.15, 0.2) is 5.57 Å². The highest BCUT2D eigenvalue weighted by molar-refractivity contribution is 6.36. The molecule has 3 fully saturated rings. The number of nitriles is 1. The van der Waals surface area contributed by atoms with E-state index >= 15 is 0 Å². The van der Waals surface area contributed by atoms with Gasteiger partial charge in [0.2, 0.25) is 18.2 Å². The zero-order chi connectivity index (χ0) is 29.6. The highest BCUT2D eigenvalue weighted by atomic mass is 35.5. The fourth-order valence-electron chi connectivity index (χ4n) is 5.73. The summed E-state index contributed by atoms with van der Waals surface area (Å²) in [4.78, 5) is 61.1. The number of hydrogen-bond acceptors (Lipinski definition) is 7. The monoisotopic (exact) mass is 594 g/mol. The smallest absolute Gasteiger partial charge is 0.268 e. The third-order valence-corrected chi connectivity index (χ3v) is 8.45. The predicted molar refractivity (Wildman–Crippen MR) is 157 cm³/mol. The summed E-state index contributed by atoms with van der Waals surface area (Å²) in [7, 11) is 0. The number of aromatic amines is 1. The number of carbonyl (C=O) groups excluding carboxylic acids is 4. The molecule has 5 rings (SSSR count). The number of nitrogens with one attached hydrogen (secondary N) is 3. The van der Waals surface area contributed by atoms with Crippen molar-refractivity contribution in [3.05, 3.63) is 40.8 Å². The molecule has 13 heteroatoms. The Morgan fingerprint density at radius 3 is 2.50 bits per heavy atom. The minimum atomic E-state index is -0.754. The Morgan fingerprint density at radius 1 is 1.05 bits per heavy atom.